The van der Waals surface area contributed by atoms with Gasteiger partial charge >= 0.3 is 83.8 Å². The van der Waals surface area contributed by atoms with E-state index >= 15 is 0 Å². The Labute approximate surface area is 83.4 Å². The van der Waals surface area contributed by atoms with Crippen LogP contribution in [0.4, 0.5) is 0 Å². The average Bonchev–Trinajstić information content (AvgIpc) is 1.98. The van der Waals surface area contributed by atoms with Gasteiger partial charge in [-0.1, -0.05) is 0 Å². The van der Waals surface area contributed by atoms with Crippen LogP contribution in [-0.4, -0.2) is 42.5 Å². The third-order valence-electron chi connectivity index (χ3n) is 1.62. The molecular formula is C5H10S2Se2. The standard InChI is InChI=1S/C5H10S2Se2/c6-4-2(8)1-3(9)5(4)7/h2-9H,1H2. The van der Waals surface area contributed by atoms with Crippen molar-refractivity contribution in [2.24, 2.45) is 0 Å². The van der Waals surface area contributed by atoms with Crippen LogP contribution in [0.1, 0.15) is 6.42 Å². The zero-order valence-corrected chi connectivity index (χ0v) is 10.3. The van der Waals surface area contributed by atoms with Gasteiger partial charge in [0.1, 0.15) is 0 Å². The molecule has 1 rings (SSSR count). The first-order valence-corrected chi connectivity index (χ1v) is 6.05. The van der Waals surface area contributed by atoms with Crippen molar-refractivity contribution in [1.29, 1.82) is 0 Å². The molecule has 1 fully saturated rings. The molecule has 0 amide bonds. The first-order chi connectivity index (χ1) is 4.13. The Kier molecular flexibility index (Phi) is 3.36. The summed E-state index contributed by atoms with van der Waals surface area (Å²) < 4.78 is 0. The molecule has 0 saturated heterocycles. The van der Waals surface area contributed by atoms with E-state index in [1.165, 1.54) is 6.42 Å². The van der Waals surface area contributed by atoms with Crippen molar-refractivity contribution >= 4 is 57.3 Å². The Morgan fingerprint density at radius 3 is 1.44 bits per heavy atom. The van der Waals surface area contributed by atoms with Crippen LogP contribution in [0.3, 0.4) is 0 Å². The van der Waals surface area contributed by atoms with Crippen LogP contribution in [-0.2, 0) is 0 Å². The third-order valence-corrected chi connectivity index (χ3v) is 6.47. The molecule has 4 atom stereocenters. The van der Waals surface area contributed by atoms with E-state index in [0.29, 0.717) is 20.1 Å². The maximum absolute atomic E-state index is 4.44. The molecule has 0 bridgehead atoms. The van der Waals surface area contributed by atoms with E-state index in [1.54, 1.807) is 0 Å². The van der Waals surface area contributed by atoms with Gasteiger partial charge in [0, 0.05) is 0 Å². The fourth-order valence-corrected chi connectivity index (χ4v) is 4.74. The number of thiol groups is 2. The molecule has 1 aliphatic rings. The van der Waals surface area contributed by atoms with E-state index in [9.17, 15) is 0 Å². The Morgan fingerprint density at radius 2 is 1.33 bits per heavy atom. The molecule has 0 spiro atoms. The topological polar surface area (TPSA) is 0 Å². The summed E-state index contributed by atoms with van der Waals surface area (Å²) in [5.74, 6) is 0. The molecular weight excluding hydrogens is 282 g/mol. The van der Waals surface area contributed by atoms with Gasteiger partial charge in [0.25, 0.3) is 0 Å². The summed E-state index contributed by atoms with van der Waals surface area (Å²) >= 11 is 14.2. The van der Waals surface area contributed by atoms with Crippen LogP contribution in [0.15, 0.2) is 0 Å². The first-order valence-electron chi connectivity index (χ1n) is 2.85. The SMILES string of the molecule is SC1C([SeH])CC([SeH])C1S. The van der Waals surface area contributed by atoms with E-state index in [2.05, 4.69) is 57.3 Å². The second-order valence-corrected chi connectivity index (χ2v) is 6.33. The number of hydrogen-bond donors (Lipinski definition) is 2. The second kappa shape index (κ2) is 3.42. The van der Waals surface area contributed by atoms with E-state index < -0.39 is 0 Å². The van der Waals surface area contributed by atoms with Gasteiger partial charge in [-0.25, -0.2) is 0 Å². The van der Waals surface area contributed by atoms with Gasteiger partial charge in [-0.15, -0.1) is 0 Å². The zero-order valence-electron chi connectivity index (χ0n) is 4.81. The molecule has 0 nitrogen and oxygen atoms in total. The third kappa shape index (κ3) is 1.85. The van der Waals surface area contributed by atoms with E-state index in [1.807, 2.05) is 0 Å². The van der Waals surface area contributed by atoms with Gasteiger partial charge in [-0.2, -0.15) is 0 Å². The predicted octanol–water partition coefficient (Wildman–Crippen LogP) is 0.365. The van der Waals surface area contributed by atoms with Crippen LogP contribution >= 0.6 is 25.3 Å². The van der Waals surface area contributed by atoms with Gasteiger partial charge in [0.2, 0.25) is 0 Å². The number of hydrogen-bond acceptors (Lipinski definition) is 2. The maximum atomic E-state index is 4.44. The van der Waals surface area contributed by atoms with Crippen molar-refractivity contribution in [2.75, 3.05) is 0 Å². The molecule has 0 aliphatic heterocycles. The van der Waals surface area contributed by atoms with Gasteiger partial charge in [0.15, 0.2) is 0 Å². The fraction of sp³-hybridized carbons (Fsp3) is 1.00. The molecule has 1 saturated carbocycles. The van der Waals surface area contributed by atoms with Gasteiger partial charge < -0.3 is 0 Å². The average molecular weight is 292 g/mol. The minimum atomic E-state index is 0.474. The summed E-state index contributed by atoms with van der Waals surface area (Å²) in [5, 5.41) is 0.947. The van der Waals surface area contributed by atoms with Crippen molar-refractivity contribution in [2.45, 2.75) is 26.6 Å². The van der Waals surface area contributed by atoms with Crippen LogP contribution < -0.4 is 0 Å². The normalized spacial score (nSPS) is 52.0. The monoisotopic (exact) mass is 294 g/mol. The molecule has 4 unspecified atom stereocenters. The van der Waals surface area contributed by atoms with Crippen LogP contribution in [0.5, 0.6) is 0 Å². The first kappa shape index (κ1) is 8.83. The van der Waals surface area contributed by atoms with Crippen molar-refractivity contribution in [3.63, 3.8) is 0 Å². The Morgan fingerprint density at radius 1 is 1.00 bits per heavy atom. The summed E-state index contributed by atoms with van der Waals surface area (Å²) in [6.07, 6.45) is 1.24. The molecule has 0 heterocycles. The molecule has 0 aromatic heterocycles. The molecule has 9 heavy (non-hydrogen) atoms. The molecule has 54 valence electrons. The van der Waals surface area contributed by atoms with Gasteiger partial charge in [-0.05, 0) is 0 Å². The summed E-state index contributed by atoms with van der Waals surface area (Å²) in [5.41, 5.74) is 0. The molecule has 0 radical (unpaired) electrons. The molecule has 0 N–H and O–H groups in total. The van der Waals surface area contributed by atoms with Crippen molar-refractivity contribution in [1.82, 2.24) is 0 Å². The van der Waals surface area contributed by atoms with Gasteiger partial charge in [0.05, 0.1) is 0 Å². The minimum absolute atomic E-state index is 0.474. The summed E-state index contributed by atoms with van der Waals surface area (Å²) in [6, 6.07) is 0. The van der Waals surface area contributed by atoms with Crippen LogP contribution in [0, 0.1) is 0 Å². The van der Waals surface area contributed by atoms with E-state index in [-0.39, 0.29) is 0 Å². The summed E-state index contributed by atoms with van der Waals surface area (Å²) in [4.78, 5) is 1.35. The van der Waals surface area contributed by atoms with Gasteiger partial charge in [-0.3, -0.25) is 0 Å². The Hall–Kier alpha value is 1.74. The molecule has 1 aliphatic carbocycles. The fourth-order valence-electron chi connectivity index (χ4n) is 0.981. The van der Waals surface area contributed by atoms with E-state index in [0.717, 1.165) is 0 Å². The van der Waals surface area contributed by atoms with Crippen LogP contribution in [0.2, 0.25) is 9.63 Å². The Balaban J connectivity index is 2.54. The number of rotatable bonds is 0. The molecule has 0 aromatic carbocycles. The summed E-state index contributed by atoms with van der Waals surface area (Å²) in [6.45, 7) is 0. The second-order valence-electron chi connectivity index (χ2n) is 2.35. The quantitative estimate of drug-likeness (QED) is 0.468. The molecule has 0 aromatic rings. The van der Waals surface area contributed by atoms with Crippen molar-refractivity contribution in [3.05, 3.63) is 0 Å². The predicted molar refractivity (Wildman–Crippen MR) is 52.0 cm³/mol. The zero-order chi connectivity index (χ0) is 7.02. The molecule has 4 heteroatoms. The van der Waals surface area contributed by atoms with Crippen molar-refractivity contribution < 1.29 is 0 Å². The van der Waals surface area contributed by atoms with Crippen LogP contribution in [0.25, 0.3) is 0 Å². The van der Waals surface area contributed by atoms with E-state index in [4.69, 9.17) is 0 Å². The Bertz CT molecular complexity index is 97.1. The summed E-state index contributed by atoms with van der Waals surface area (Å²) in [7, 11) is 0. The van der Waals surface area contributed by atoms with Crippen molar-refractivity contribution in [3.8, 4) is 0 Å².